The third-order valence-corrected chi connectivity index (χ3v) is 3.44. The molecule has 1 atom stereocenters. The number of aliphatic hydroxyl groups excluding tert-OH is 1. The van der Waals surface area contributed by atoms with E-state index in [9.17, 15) is 4.79 Å². The van der Waals surface area contributed by atoms with Crippen LogP contribution in [0.25, 0.3) is 0 Å². The summed E-state index contributed by atoms with van der Waals surface area (Å²) in [6.07, 6.45) is 3.95. The molecule has 120 valence electrons. The number of carbonyl (C=O) groups is 1. The molecule has 4 nitrogen and oxygen atoms in total. The van der Waals surface area contributed by atoms with Crippen molar-refractivity contribution >= 4 is 5.91 Å². The Morgan fingerprint density at radius 1 is 1.15 bits per heavy atom. The Balaban J connectivity index is 0.00000110. The van der Waals surface area contributed by atoms with Crippen LogP contribution in [0.2, 0.25) is 0 Å². The van der Waals surface area contributed by atoms with E-state index in [2.05, 4.69) is 25.7 Å². The van der Waals surface area contributed by atoms with E-state index in [0.717, 1.165) is 45.6 Å². The van der Waals surface area contributed by atoms with Gasteiger partial charge in [0.2, 0.25) is 5.91 Å². The Kier molecular flexibility index (Phi) is 11.8. The molecule has 0 saturated carbocycles. The van der Waals surface area contributed by atoms with E-state index in [4.69, 9.17) is 5.11 Å². The van der Waals surface area contributed by atoms with Crippen LogP contribution in [0.5, 0.6) is 0 Å². The number of carbonyl (C=O) groups excluding carboxylic acids is 1. The zero-order chi connectivity index (χ0) is 15.4. The minimum Gasteiger partial charge on any atom is -0.396 e. The predicted molar refractivity (Wildman–Crippen MR) is 84.8 cm³/mol. The van der Waals surface area contributed by atoms with E-state index in [1.54, 1.807) is 0 Å². The maximum Gasteiger partial charge on any atom is 0.225 e. The van der Waals surface area contributed by atoms with Crippen molar-refractivity contribution in [3.8, 4) is 0 Å². The molecule has 1 heterocycles. The number of nitrogens with zero attached hydrogens (tertiary/aromatic N) is 2. The summed E-state index contributed by atoms with van der Waals surface area (Å²) in [4.78, 5) is 16.5. The van der Waals surface area contributed by atoms with E-state index in [1.165, 1.54) is 12.8 Å². The lowest BCUT2D eigenvalue weighted by atomic mass is 10.0. The van der Waals surface area contributed by atoms with E-state index in [1.807, 2.05) is 11.8 Å². The van der Waals surface area contributed by atoms with Gasteiger partial charge < -0.3 is 10.0 Å². The Hall–Kier alpha value is -0.610. The summed E-state index contributed by atoms with van der Waals surface area (Å²) in [5, 5.41) is 8.77. The second-order valence-corrected chi connectivity index (χ2v) is 5.64. The lowest BCUT2D eigenvalue weighted by Gasteiger charge is -2.35. The summed E-state index contributed by atoms with van der Waals surface area (Å²) in [5.74, 6) is 0.314. The van der Waals surface area contributed by atoms with Crippen molar-refractivity contribution in [3.05, 3.63) is 0 Å². The number of aliphatic hydroxyl groups is 1. The molecule has 1 unspecified atom stereocenters. The third-order valence-electron chi connectivity index (χ3n) is 3.44. The van der Waals surface area contributed by atoms with Crippen LogP contribution in [0.4, 0.5) is 0 Å². The molecule has 20 heavy (non-hydrogen) atoms. The standard InChI is InChI=1S/C13H26N2O2.C3H8/c1-3-6-14-7-9-15(10-8-14)13(17)12(2)5-4-11-16;1-3-2/h12,16H,3-11H2,1-2H3;3H2,1-2H3. The van der Waals surface area contributed by atoms with Gasteiger partial charge in [-0.25, -0.2) is 0 Å². The average Bonchev–Trinajstić information content (AvgIpc) is 2.46. The van der Waals surface area contributed by atoms with Crippen molar-refractivity contribution in [3.63, 3.8) is 0 Å². The second-order valence-electron chi connectivity index (χ2n) is 5.64. The highest BCUT2D eigenvalue weighted by atomic mass is 16.3. The number of amides is 1. The van der Waals surface area contributed by atoms with E-state index < -0.39 is 0 Å². The number of piperazine rings is 1. The first-order valence-electron chi connectivity index (χ1n) is 8.22. The van der Waals surface area contributed by atoms with E-state index in [0.29, 0.717) is 0 Å². The van der Waals surface area contributed by atoms with Gasteiger partial charge in [0.05, 0.1) is 0 Å². The highest BCUT2D eigenvalue weighted by Gasteiger charge is 2.23. The molecule has 0 spiro atoms. The number of rotatable bonds is 6. The fourth-order valence-corrected chi connectivity index (χ4v) is 2.34. The maximum absolute atomic E-state index is 12.1. The molecular weight excluding hydrogens is 252 g/mol. The Labute approximate surface area is 125 Å². The zero-order valence-corrected chi connectivity index (χ0v) is 13.9. The minimum atomic E-state index is 0.0554. The van der Waals surface area contributed by atoms with Gasteiger partial charge in [0.15, 0.2) is 0 Å². The zero-order valence-electron chi connectivity index (χ0n) is 13.9. The highest BCUT2D eigenvalue weighted by Crippen LogP contribution is 2.12. The molecule has 1 fully saturated rings. The highest BCUT2D eigenvalue weighted by molar-refractivity contribution is 5.78. The molecule has 1 aliphatic heterocycles. The average molecular weight is 286 g/mol. The van der Waals surface area contributed by atoms with Gasteiger partial charge in [0.1, 0.15) is 0 Å². The summed E-state index contributed by atoms with van der Waals surface area (Å²) in [5.41, 5.74) is 0. The lowest BCUT2D eigenvalue weighted by Crippen LogP contribution is -2.50. The van der Waals surface area contributed by atoms with Crippen LogP contribution in [-0.4, -0.2) is 60.1 Å². The first-order valence-corrected chi connectivity index (χ1v) is 8.22. The van der Waals surface area contributed by atoms with E-state index >= 15 is 0 Å². The fourth-order valence-electron chi connectivity index (χ4n) is 2.34. The summed E-state index contributed by atoms with van der Waals surface area (Å²) in [6.45, 7) is 13.5. The third kappa shape index (κ3) is 7.85. The van der Waals surface area contributed by atoms with Crippen LogP contribution in [0.1, 0.15) is 53.4 Å². The van der Waals surface area contributed by atoms with Crippen LogP contribution in [0, 0.1) is 5.92 Å². The molecule has 0 bridgehead atoms. The van der Waals surface area contributed by atoms with Crippen molar-refractivity contribution in [2.75, 3.05) is 39.3 Å². The van der Waals surface area contributed by atoms with E-state index in [-0.39, 0.29) is 18.4 Å². The molecule has 1 N–H and O–H groups in total. The van der Waals surface area contributed by atoms with Crippen LogP contribution < -0.4 is 0 Å². The Morgan fingerprint density at radius 2 is 1.70 bits per heavy atom. The number of hydrogen-bond acceptors (Lipinski definition) is 3. The molecule has 1 amide bonds. The molecule has 0 radical (unpaired) electrons. The van der Waals surface area contributed by atoms with Gasteiger partial charge in [-0.15, -0.1) is 0 Å². The maximum atomic E-state index is 12.1. The van der Waals surface area contributed by atoms with Crippen LogP contribution in [0.15, 0.2) is 0 Å². The lowest BCUT2D eigenvalue weighted by molar-refractivity contribution is -0.137. The van der Waals surface area contributed by atoms with Crippen LogP contribution in [-0.2, 0) is 4.79 Å². The summed E-state index contributed by atoms with van der Waals surface area (Å²) in [6, 6.07) is 0. The molecule has 0 aromatic rings. The van der Waals surface area contributed by atoms with Gasteiger partial charge in [-0.3, -0.25) is 9.69 Å². The van der Waals surface area contributed by atoms with Crippen LogP contribution >= 0.6 is 0 Å². The second kappa shape index (κ2) is 12.2. The molecule has 4 heteroatoms. The Morgan fingerprint density at radius 3 is 2.15 bits per heavy atom. The number of hydrogen-bond donors (Lipinski definition) is 1. The summed E-state index contributed by atoms with van der Waals surface area (Å²) >= 11 is 0. The Bertz CT molecular complexity index is 239. The fraction of sp³-hybridized carbons (Fsp3) is 0.938. The largest absolute Gasteiger partial charge is 0.396 e. The van der Waals surface area contributed by atoms with Gasteiger partial charge >= 0.3 is 0 Å². The van der Waals surface area contributed by atoms with Gasteiger partial charge in [0.25, 0.3) is 0 Å². The molecule has 1 saturated heterocycles. The molecule has 0 aliphatic carbocycles. The molecule has 0 aromatic heterocycles. The minimum absolute atomic E-state index is 0.0554. The molecule has 1 rings (SSSR count). The SMILES string of the molecule is CCC.CCCN1CCN(C(=O)C(C)CCCO)CC1. The molecule has 0 aromatic carbocycles. The van der Waals surface area contributed by atoms with Crippen molar-refractivity contribution in [1.82, 2.24) is 9.80 Å². The molecule has 1 aliphatic rings. The summed E-state index contributed by atoms with van der Waals surface area (Å²) in [7, 11) is 0. The summed E-state index contributed by atoms with van der Waals surface area (Å²) < 4.78 is 0. The first-order chi connectivity index (χ1) is 9.60. The van der Waals surface area contributed by atoms with Crippen LogP contribution in [0.3, 0.4) is 0 Å². The van der Waals surface area contributed by atoms with Gasteiger partial charge in [-0.1, -0.05) is 34.1 Å². The van der Waals surface area contributed by atoms with Crippen molar-refractivity contribution in [1.29, 1.82) is 0 Å². The van der Waals surface area contributed by atoms with Crippen molar-refractivity contribution in [2.24, 2.45) is 5.92 Å². The van der Waals surface area contributed by atoms with Gasteiger partial charge in [0, 0.05) is 38.7 Å². The van der Waals surface area contributed by atoms with Gasteiger partial charge in [-0.05, 0) is 25.8 Å². The molecular formula is C16H34N2O2. The van der Waals surface area contributed by atoms with Gasteiger partial charge in [-0.2, -0.15) is 0 Å². The predicted octanol–water partition coefficient (Wildman–Crippen LogP) is 2.37. The topological polar surface area (TPSA) is 43.8 Å². The van der Waals surface area contributed by atoms with Crippen molar-refractivity contribution < 1.29 is 9.90 Å². The smallest absolute Gasteiger partial charge is 0.225 e. The first kappa shape index (κ1) is 19.4. The quantitative estimate of drug-likeness (QED) is 0.815. The normalized spacial score (nSPS) is 17.4. The monoisotopic (exact) mass is 286 g/mol. The van der Waals surface area contributed by atoms with Crippen molar-refractivity contribution in [2.45, 2.75) is 53.4 Å².